The molecular formula is C27H35N5O5. The maximum absolute atomic E-state index is 13.1. The standard InChI is InChI=1S/C27H35N5O5/c1-35-23-9-7-20(16-24(23)36-2)22-8-10-25(29-28-22)30-11-13-31(14-12-30)26(33)18-32(27(34)19-5-6-19)17-21-4-3-15-37-21/h7-10,16,19,21H,3-6,11-15,17-18H2,1-2H3. The molecule has 0 radical (unpaired) electrons. The van der Waals surface area contributed by atoms with E-state index in [0.29, 0.717) is 44.2 Å². The third-order valence-corrected chi connectivity index (χ3v) is 7.30. The SMILES string of the molecule is COc1ccc(-c2ccc(N3CCN(C(=O)CN(CC4CCCO4)C(=O)C4CC4)CC3)nn2)cc1OC. The van der Waals surface area contributed by atoms with Gasteiger partial charge in [0.25, 0.3) is 0 Å². The predicted molar refractivity (Wildman–Crippen MR) is 138 cm³/mol. The van der Waals surface area contributed by atoms with Gasteiger partial charge in [-0.25, -0.2) is 0 Å². The molecule has 2 saturated heterocycles. The summed E-state index contributed by atoms with van der Waals surface area (Å²) in [4.78, 5) is 31.6. The van der Waals surface area contributed by atoms with E-state index in [0.717, 1.165) is 49.4 Å². The lowest BCUT2D eigenvalue weighted by Gasteiger charge is -2.36. The molecule has 1 unspecified atom stereocenters. The summed E-state index contributed by atoms with van der Waals surface area (Å²) < 4.78 is 16.4. The van der Waals surface area contributed by atoms with E-state index in [9.17, 15) is 9.59 Å². The van der Waals surface area contributed by atoms with E-state index in [1.807, 2.05) is 35.2 Å². The lowest BCUT2D eigenvalue weighted by atomic mass is 10.1. The highest BCUT2D eigenvalue weighted by Crippen LogP contribution is 2.32. The Morgan fingerprint density at radius 1 is 1.00 bits per heavy atom. The first-order valence-corrected chi connectivity index (χ1v) is 13.0. The second kappa shape index (κ2) is 11.3. The van der Waals surface area contributed by atoms with Gasteiger partial charge in [0.05, 0.1) is 32.6 Å². The second-order valence-electron chi connectivity index (χ2n) is 9.84. The number of ether oxygens (including phenoxy) is 3. The van der Waals surface area contributed by atoms with Crippen molar-refractivity contribution in [2.24, 2.45) is 5.92 Å². The van der Waals surface area contributed by atoms with Gasteiger partial charge in [-0.05, 0) is 56.0 Å². The highest BCUT2D eigenvalue weighted by Gasteiger charge is 2.36. The van der Waals surface area contributed by atoms with E-state index in [1.54, 1.807) is 19.1 Å². The molecule has 1 aromatic carbocycles. The van der Waals surface area contributed by atoms with Crippen molar-refractivity contribution in [3.63, 3.8) is 0 Å². The molecule has 198 valence electrons. The maximum atomic E-state index is 13.1. The molecule has 1 atom stereocenters. The Morgan fingerprint density at radius 3 is 2.41 bits per heavy atom. The van der Waals surface area contributed by atoms with E-state index in [4.69, 9.17) is 14.2 Å². The molecule has 1 aromatic heterocycles. The van der Waals surface area contributed by atoms with Crippen LogP contribution in [0.2, 0.25) is 0 Å². The summed E-state index contributed by atoms with van der Waals surface area (Å²) in [5.41, 5.74) is 1.63. The molecule has 0 bridgehead atoms. The van der Waals surface area contributed by atoms with Gasteiger partial charge >= 0.3 is 0 Å². The van der Waals surface area contributed by atoms with Crippen LogP contribution in [0.15, 0.2) is 30.3 Å². The number of aromatic nitrogens is 2. The summed E-state index contributed by atoms with van der Waals surface area (Å²) in [5.74, 6) is 2.27. The molecule has 3 heterocycles. The zero-order chi connectivity index (χ0) is 25.8. The van der Waals surface area contributed by atoms with Crippen LogP contribution in [0, 0.1) is 5.92 Å². The molecular weight excluding hydrogens is 474 g/mol. The van der Waals surface area contributed by atoms with E-state index < -0.39 is 0 Å². The lowest BCUT2D eigenvalue weighted by molar-refractivity contribution is -0.142. The highest BCUT2D eigenvalue weighted by molar-refractivity contribution is 5.87. The van der Waals surface area contributed by atoms with E-state index >= 15 is 0 Å². The summed E-state index contributed by atoms with van der Waals surface area (Å²) in [5, 5.41) is 8.85. The molecule has 1 aliphatic carbocycles. The number of hydrogen-bond acceptors (Lipinski definition) is 8. The molecule has 10 heteroatoms. The van der Waals surface area contributed by atoms with Gasteiger partial charge < -0.3 is 28.9 Å². The van der Waals surface area contributed by atoms with Gasteiger partial charge in [0.1, 0.15) is 0 Å². The first kappa shape index (κ1) is 25.3. The highest BCUT2D eigenvalue weighted by atomic mass is 16.5. The molecule has 0 spiro atoms. The smallest absolute Gasteiger partial charge is 0.242 e. The van der Waals surface area contributed by atoms with Gasteiger partial charge in [0, 0.05) is 50.8 Å². The molecule has 2 aromatic rings. The molecule has 2 aliphatic heterocycles. The zero-order valence-electron chi connectivity index (χ0n) is 21.6. The quantitative estimate of drug-likeness (QED) is 0.508. The number of carbonyl (C=O) groups is 2. The number of benzene rings is 1. The summed E-state index contributed by atoms with van der Waals surface area (Å²) in [6, 6.07) is 9.54. The van der Waals surface area contributed by atoms with Gasteiger partial charge in [-0.1, -0.05) is 0 Å². The van der Waals surface area contributed by atoms with E-state index in [2.05, 4.69) is 15.1 Å². The molecule has 1 saturated carbocycles. The number of hydrogen-bond donors (Lipinski definition) is 0. The first-order chi connectivity index (χ1) is 18.1. The number of carbonyl (C=O) groups excluding carboxylic acids is 2. The number of methoxy groups -OCH3 is 2. The average Bonchev–Trinajstić information content (AvgIpc) is 3.68. The first-order valence-electron chi connectivity index (χ1n) is 13.0. The summed E-state index contributed by atoms with van der Waals surface area (Å²) >= 11 is 0. The Balaban J connectivity index is 1.16. The molecule has 3 fully saturated rings. The van der Waals surface area contributed by atoms with Gasteiger partial charge in [0.2, 0.25) is 11.8 Å². The van der Waals surface area contributed by atoms with Crippen molar-refractivity contribution in [3.8, 4) is 22.8 Å². The fraction of sp³-hybridized carbons (Fsp3) is 0.556. The Morgan fingerprint density at radius 2 is 1.78 bits per heavy atom. The fourth-order valence-corrected chi connectivity index (χ4v) is 4.95. The van der Waals surface area contributed by atoms with Crippen LogP contribution in [0.4, 0.5) is 5.82 Å². The van der Waals surface area contributed by atoms with Gasteiger partial charge in [0.15, 0.2) is 17.3 Å². The summed E-state index contributed by atoms with van der Waals surface area (Å²) in [6.45, 7) is 3.89. The minimum Gasteiger partial charge on any atom is -0.493 e. The van der Waals surface area contributed by atoms with Crippen LogP contribution >= 0.6 is 0 Å². The maximum Gasteiger partial charge on any atom is 0.242 e. The Labute approximate surface area is 217 Å². The molecule has 37 heavy (non-hydrogen) atoms. The number of amides is 2. The van der Waals surface area contributed by atoms with Crippen LogP contribution in [-0.2, 0) is 14.3 Å². The minimum atomic E-state index is 0.00142. The third-order valence-electron chi connectivity index (χ3n) is 7.30. The molecule has 0 N–H and O–H groups in total. The van der Waals surface area contributed by atoms with Crippen molar-refractivity contribution in [2.45, 2.75) is 31.8 Å². The lowest BCUT2D eigenvalue weighted by Crippen LogP contribution is -2.53. The zero-order valence-corrected chi connectivity index (χ0v) is 21.6. The van der Waals surface area contributed by atoms with Crippen LogP contribution in [0.3, 0.4) is 0 Å². The monoisotopic (exact) mass is 509 g/mol. The minimum absolute atomic E-state index is 0.00142. The molecule has 10 nitrogen and oxygen atoms in total. The number of piperazine rings is 1. The van der Waals surface area contributed by atoms with Crippen LogP contribution in [-0.4, -0.2) is 98.0 Å². The fourth-order valence-electron chi connectivity index (χ4n) is 4.95. The largest absolute Gasteiger partial charge is 0.493 e. The Bertz CT molecular complexity index is 1090. The van der Waals surface area contributed by atoms with Crippen molar-refractivity contribution < 1.29 is 23.8 Å². The van der Waals surface area contributed by atoms with Crippen molar-refractivity contribution in [3.05, 3.63) is 30.3 Å². The van der Waals surface area contributed by atoms with Crippen molar-refractivity contribution in [1.29, 1.82) is 0 Å². The van der Waals surface area contributed by atoms with Crippen LogP contribution in [0.1, 0.15) is 25.7 Å². The second-order valence-corrected chi connectivity index (χ2v) is 9.84. The van der Waals surface area contributed by atoms with Crippen LogP contribution in [0.25, 0.3) is 11.3 Å². The van der Waals surface area contributed by atoms with Gasteiger partial charge in [-0.15, -0.1) is 10.2 Å². The van der Waals surface area contributed by atoms with E-state index in [-0.39, 0.29) is 30.4 Å². The topological polar surface area (TPSA) is 97.3 Å². The molecule has 5 rings (SSSR count). The summed E-state index contributed by atoms with van der Waals surface area (Å²) in [6.07, 6.45) is 3.88. The van der Waals surface area contributed by atoms with Crippen LogP contribution in [0.5, 0.6) is 11.5 Å². The van der Waals surface area contributed by atoms with Crippen molar-refractivity contribution >= 4 is 17.6 Å². The normalized spacial score (nSPS) is 19.6. The predicted octanol–water partition coefficient (Wildman–Crippen LogP) is 2.23. The summed E-state index contributed by atoms with van der Waals surface area (Å²) in [7, 11) is 3.21. The van der Waals surface area contributed by atoms with Crippen LogP contribution < -0.4 is 14.4 Å². The number of rotatable bonds is 9. The van der Waals surface area contributed by atoms with Gasteiger partial charge in [-0.2, -0.15) is 0 Å². The average molecular weight is 510 g/mol. The Hall–Kier alpha value is -3.40. The molecule has 3 aliphatic rings. The Kier molecular flexibility index (Phi) is 7.73. The van der Waals surface area contributed by atoms with Crippen molar-refractivity contribution in [2.75, 3.05) is 65.0 Å². The molecule has 2 amide bonds. The van der Waals surface area contributed by atoms with E-state index in [1.165, 1.54) is 0 Å². The number of anilines is 1. The number of nitrogens with zero attached hydrogens (tertiary/aromatic N) is 5. The van der Waals surface area contributed by atoms with Crippen molar-refractivity contribution in [1.82, 2.24) is 20.0 Å². The van der Waals surface area contributed by atoms with Gasteiger partial charge in [-0.3, -0.25) is 9.59 Å². The third kappa shape index (κ3) is 5.95.